The van der Waals surface area contributed by atoms with Crippen LogP contribution >= 0.6 is 10.0 Å². The summed E-state index contributed by atoms with van der Waals surface area (Å²) in [7, 11) is -0.620. The molecule has 0 unspecified atom stereocenters. The summed E-state index contributed by atoms with van der Waals surface area (Å²) >= 11 is 0. The van der Waals surface area contributed by atoms with Gasteiger partial charge in [0.1, 0.15) is 0 Å². The standard InChI is InChI=1S/C17H22S/c1-13-7-6-8-17(14(13)2)15-9-11-16(12-10-15)18(3,4)5/h6-12H,1-5H3. The van der Waals surface area contributed by atoms with Crippen molar-refractivity contribution >= 4 is 10.0 Å². The molecule has 0 spiro atoms. The Bertz CT molecular complexity index is 545. The molecule has 0 N–H and O–H groups in total. The van der Waals surface area contributed by atoms with Crippen molar-refractivity contribution in [3.8, 4) is 11.1 Å². The highest BCUT2D eigenvalue weighted by atomic mass is 32.3. The number of aryl methyl sites for hydroxylation is 1. The molecular weight excluding hydrogens is 236 g/mol. The SMILES string of the molecule is Cc1cccc(-c2ccc(S(C)(C)C)cc2)c1C. The normalized spacial score (nSPS) is 12.5. The van der Waals surface area contributed by atoms with Crippen LogP contribution in [0.25, 0.3) is 11.1 Å². The Morgan fingerprint density at radius 3 is 1.94 bits per heavy atom. The second-order valence-corrected chi connectivity index (χ2v) is 9.75. The maximum absolute atomic E-state index is 2.33. The molecule has 0 aliphatic carbocycles. The van der Waals surface area contributed by atoms with Gasteiger partial charge in [-0.25, -0.2) is 10.0 Å². The predicted molar refractivity (Wildman–Crippen MR) is 85.0 cm³/mol. The fourth-order valence-corrected chi connectivity index (χ4v) is 3.06. The lowest BCUT2D eigenvalue weighted by molar-refractivity contribution is 1.33. The van der Waals surface area contributed by atoms with Crippen molar-refractivity contribution in [1.29, 1.82) is 0 Å². The van der Waals surface area contributed by atoms with Gasteiger partial charge in [-0.05, 0) is 71.9 Å². The Balaban J connectivity index is 2.44. The van der Waals surface area contributed by atoms with Gasteiger partial charge in [0, 0.05) is 0 Å². The molecule has 0 aliphatic heterocycles. The van der Waals surface area contributed by atoms with E-state index in [2.05, 4.69) is 75.1 Å². The van der Waals surface area contributed by atoms with Gasteiger partial charge in [0.2, 0.25) is 0 Å². The third kappa shape index (κ3) is 2.62. The summed E-state index contributed by atoms with van der Waals surface area (Å²) in [6.45, 7) is 4.38. The maximum atomic E-state index is 2.33. The molecule has 2 rings (SSSR count). The first-order chi connectivity index (χ1) is 8.39. The molecule has 0 atom stereocenters. The summed E-state index contributed by atoms with van der Waals surface area (Å²) in [5, 5.41) is 0. The van der Waals surface area contributed by atoms with Gasteiger partial charge in [-0.1, -0.05) is 30.3 Å². The number of hydrogen-bond acceptors (Lipinski definition) is 0. The van der Waals surface area contributed by atoms with Crippen molar-refractivity contribution in [1.82, 2.24) is 0 Å². The van der Waals surface area contributed by atoms with Crippen molar-refractivity contribution in [2.24, 2.45) is 0 Å². The van der Waals surface area contributed by atoms with Gasteiger partial charge in [-0.2, -0.15) is 0 Å². The third-order valence-corrected chi connectivity index (χ3v) is 5.16. The van der Waals surface area contributed by atoms with Gasteiger partial charge in [-0.15, -0.1) is 0 Å². The lowest BCUT2D eigenvalue weighted by Gasteiger charge is -2.26. The molecule has 1 heteroatoms. The van der Waals surface area contributed by atoms with Crippen LogP contribution in [0.5, 0.6) is 0 Å². The minimum absolute atomic E-state index is 0.620. The Labute approximate surface area is 112 Å². The number of hydrogen-bond donors (Lipinski definition) is 0. The zero-order chi connectivity index (χ0) is 13.3. The lowest BCUT2D eigenvalue weighted by atomic mass is 9.97. The molecule has 2 aromatic carbocycles. The molecule has 0 nitrogen and oxygen atoms in total. The van der Waals surface area contributed by atoms with E-state index in [1.54, 1.807) is 0 Å². The van der Waals surface area contributed by atoms with Gasteiger partial charge in [0.25, 0.3) is 0 Å². The summed E-state index contributed by atoms with van der Waals surface area (Å²) < 4.78 is 0. The molecule has 2 aromatic rings. The minimum atomic E-state index is -0.620. The van der Waals surface area contributed by atoms with Crippen LogP contribution in [0.1, 0.15) is 11.1 Å². The number of rotatable bonds is 2. The molecule has 0 amide bonds. The Morgan fingerprint density at radius 1 is 0.778 bits per heavy atom. The van der Waals surface area contributed by atoms with E-state index < -0.39 is 10.0 Å². The molecule has 0 fully saturated rings. The van der Waals surface area contributed by atoms with Crippen molar-refractivity contribution < 1.29 is 0 Å². The van der Waals surface area contributed by atoms with E-state index in [1.165, 1.54) is 27.1 Å². The zero-order valence-corrected chi connectivity index (χ0v) is 12.8. The van der Waals surface area contributed by atoms with E-state index in [4.69, 9.17) is 0 Å². The van der Waals surface area contributed by atoms with Crippen LogP contribution in [-0.4, -0.2) is 18.8 Å². The smallest absolute Gasteiger partial charge is 0.0106 e. The Hall–Kier alpha value is -1.21. The van der Waals surface area contributed by atoms with E-state index >= 15 is 0 Å². The average molecular weight is 258 g/mol. The van der Waals surface area contributed by atoms with E-state index in [0.717, 1.165) is 0 Å². The fourth-order valence-electron chi connectivity index (χ4n) is 2.11. The van der Waals surface area contributed by atoms with Crippen molar-refractivity contribution in [3.05, 3.63) is 53.6 Å². The van der Waals surface area contributed by atoms with Crippen molar-refractivity contribution in [3.63, 3.8) is 0 Å². The predicted octanol–water partition coefficient (Wildman–Crippen LogP) is 5.02. The van der Waals surface area contributed by atoms with E-state index in [9.17, 15) is 0 Å². The molecule has 0 bridgehead atoms. The van der Waals surface area contributed by atoms with Crippen LogP contribution in [0.3, 0.4) is 0 Å². The van der Waals surface area contributed by atoms with Gasteiger partial charge in [0.15, 0.2) is 0 Å². The van der Waals surface area contributed by atoms with Crippen LogP contribution in [0, 0.1) is 13.8 Å². The molecule has 0 aliphatic rings. The largest absolute Gasteiger partial charge is 0.223 e. The number of benzene rings is 2. The van der Waals surface area contributed by atoms with E-state index in [0.29, 0.717) is 0 Å². The minimum Gasteiger partial charge on any atom is -0.223 e. The zero-order valence-electron chi connectivity index (χ0n) is 11.9. The van der Waals surface area contributed by atoms with Crippen LogP contribution in [0.2, 0.25) is 0 Å². The highest BCUT2D eigenvalue weighted by Gasteiger charge is 2.08. The first-order valence-corrected chi connectivity index (χ1v) is 9.10. The van der Waals surface area contributed by atoms with E-state index in [-0.39, 0.29) is 0 Å². The maximum Gasteiger partial charge on any atom is -0.0106 e. The highest BCUT2D eigenvalue weighted by molar-refractivity contribution is 8.32. The average Bonchev–Trinajstić information content (AvgIpc) is 2.32. The first-order valence-electron chi connectivity index (χ1n) is 6.24. The second kappa shape index (κ2) is 4.81. The molecule has 0 saturated heterocycles. The molecule has 18 heavy (non-hydrogen) atoms. The molecule has 0 aromatic heterocycles. The fraction of sp³-hybridized carbons (Fsp3) is 0.294. The van der Waals surface area contributed by atoms with Gasteiger partial charge in [0.05, 0.1) is 0 Å². The van der Waals surface area contributed by atoms with Crippen molar-refractivity contribution in [2.45, 2.75) is 18.7 Å². The molecule has 96 valence electrons. The van der Waals surface area contributed by atoms with Crippen LogP contribution in [0.4, 0.5) is 0 Å². The second-order valence-electron chi connectivity index (χ2n) is 5.61. The third-order valence-electron chi connectivity index (χ3n) is 3.48. The summed E-state index contributed by atoms with van der Waals surface area (Å²) in [5.41, 5.74) is 5.42. The molecule has 0 radical (unpaired) electrons. The summed E-state index contributed by atoms with van der Waals surface area (Å²) in [5.74, 6) is 0. The molecule has 0 saturated carbocycles. The Morgan fingerprint density at radius 2 is 1.39 bits per heavy atom. The summed E-state index contributed by atoms with van der Waals surface area (Å²) in [6.07, 6.45) is 7.00. The lowest BCUT2D eigenvalue weighted by Crippen LogP contribution is -1.93. The van der Waals surface area contributed by atoms with Crippen LogP contribution < -0.4 is 0 Å². The van der Waals surface area contributed by atoms with Crippen LogP contribution in [0.15, 0.2) is 47.4 Å². The monoisotopic (exact) mass is 258 g/mol. The summed E-state index contributed by atoms with van der Waals surface area (Å²) in [6, 6.07) is 15.6. The van der Waals surface area contributed by atoms with Gasteiger partial charge >= 0.3 is 0 Å². The van der Waals surface area contributed by atoms with Crippen molar-refractivity contribution in [2.75, 3.05) is 18.8 Å². The first kappa shape index (κ1) is 13.2. The molecular formula is C17H22S. The van der Waals surface area contributed by atoms with Gasteiger partial charge in [-0.3, -0.25) is 0 Å². The summed E-state index contributed by atoms with van der Waals surface area (Å²) in [4.78, 5) is 1.47. The highest BCUT2D eigenvalue weighted by Crippen LogP contribution is 2.45. The van der Waals surface area contributed by atoms with Crippen LogP contribution in [-0.2, 0) is 0 Å². The quantitative estimate of drug-likeness (QED) is 0.709. The van der Waals surface area contributed by atoms with E-state index in [1.807, 2.05) is 0 Å². The molecule has 0 heterocycles. The van der Waals surface area contributed by atoms with Gasteiger partial charge < -0.3 is 0 Å². The topological polar surface area (TPSA) is 0 Å². The Kier molecular flexibility index (Phi) is 3.54.